The molecule has 4 heteroatoms. The average Bonchev–Trinajstić information content (AvgIpc) is 3.15. The van der Waals surface area contributed by atoms with E-state index in [0.717, 1.165) is 11.0 Å². The highest BCUT2D eigenvalue weighted by atomic mass is 16.4. The van der Waals surface area contributed by atoms with Crippen LogP contribution in [0.15, 0.2) is 92.5 Å². The van der Waals surface area contributed by atoms with Crippen LogP contribution >= 0.6 is 0 Å². The molecule has 0 aliphatic rings. The van der Waals surface area contributed by atoms with Crippen LogP contribution < -0.4 is 5.43 Å². The lowest BCUT2D eigenvalue weighted by atomic mass is 10.0. The molecule has 0 unspecified atom stereocenters. The number of fused-ring (bicyclic) bond motifs is 2. The molecule has 3 aromatic carbocycles. The quantitative estimate of drug-likeness (QED) is 0.449. The van der Waals surface area contributed by atoms with Crippen molar-refractivity contribution in [3.63, 3.8) is 0 Å². The van der Waals surface area contributed by atoms with Crippen LogP contribution in [0.3, 0.4) is 0 Å². The second kappa shape index (κ2) is 5.88. The van der Waals surface area contributed by atoms with Gasteiger partial charge in [0.1, 0.15) is 16.9 Å². The van der Waals surface area contributed by atoms with Gasteiger partial charge < -0.3 is 13.9 Å². The maximum Gasteiger partial charge on any atom is 0.235 e. The van der Waals surface area contributed by atoms with E-state index in [1.54, 1.807) is 30.3 Å². The molecule has 0 bridgehead atoms. The second-order valence-electron chi connectivity index (χ2n) is 6.30. The van der Waals surface area contributed by atoms with Gasteiger partial charge in [0.2, 0.25) is 11.2 Å². The van der Waals surface area contributed by atoms with E-state index < -0.39 is 11.2 Å². The van der Waals surface area contributed by atoms with Gasteiger partial charge in [-0.2, -0.15) is 0 Å². The first-order valence-corrected chi connectivity index (χ1v) is 8.55. The van der Waals surface area contributed by atoms with Crippen molar-refractivity contribution >= 4 is 21.9 Å². The summed E-state index contributed by atoms with van der Waals surface area (Å²) >= 11 is 0. The van der Waals surface area contributed by atoms with E-state index in [0.29, 0.717) is 27.9 Å². The lowest BCUT2D eigenvalue weighted by Crippen LogP contribution is -2.04. The minimum Gasteiger partial charge on any atom is -0.502 e. The third-order valence-electron chi connectivity index (χ3n) is 4.62. The molecule has 27 heavy (non-hydrogen) atoms. The molecule has 0 aliphatic carbocycles. The van der Waals surface area contributed by atoms with Crippen LogP contribution in [0.4, 0.5) is 0 Å². The molecule has 2 aromatic heterocycles. The van der Waals surface area contributed by atoms with Crippen LogP contribution in [0.5, 0.6) is 5.75 Å². The van der Waals surface area contributed by atoms with Crippen molar-refractivity contribution < 1.29 is 13.9 Å². The lowest BCUT2D eigenvalue weighted by Gasteiger charge is -2.08. The highest BCUT2D eigenvalue weighted by molar-refractivity contribution is 5.96. The number of hydrogen-bond donors (Lipinski definition) is 1. The number of benzene rings is 3. The largest absolute Gasteiger partial charge is 0.502 e. The Morgan fingerprint density at radius 3 is 2.30 bits per heavy atom. The predicted octanol–water partition coefficient (Wildman–Crippen LogP) is 5.58. The number of para-hydroxylation sites is 1. The molecular weight excluding hydrogens is 340 g/mol. The molecule has 0 saturated heterocycles. The Balaban J connectivity index is 1.80. The van der Waals surface area contributed by atoms with Crippen molar-refractivity contribution in [3.05, 3.63) is 89.1 Å². The van der Waals surface area contributed by atoms with Gasteiger partial charge in [0.15, 0.2) is 5.76 Å². The van der Waals surface area contributed by atoms with E-state index in [2.05, 4.69) is 0 Å². The first-order valence-electron chi connectivity index (χ1n) is 8.55. The summed E-state index contributed by atoms with van der Waals surface area (Å²) in [5.41, 5.74) is 1.88. The van der Waals surface area contributed by atoms with Crippen LogP contribution in [0.1, 0.15) is 0 Å². The first-order chi connectivity index (χ1) is 13.2. The fraction of sp³-hybridized carbons (Fsp3) is 0. The van der Waals surface area contributed by atoms with Gasteiger partial charge in [-0.15, -0.1) is 0 Å². The Kier molecular flexibility index (Phi) is 3.37. The summed E-state index contributed by atoms with van der Waals surface area (Å²) in [5, 5.41) is 11.8. The first kappa shape index (κ1) is 15.5. The van der Waals surface area contributed by atoms with Crippen molar-refractivity contribution in [2.75, 3.05) is 0 Å². The van der Waals surface area contributed by atoms with E-state index >= 15 is 0 Å². The molecule has 5 aromatic rings. The van der Waals surface area contributed by atoms with E-state index in [1.165, 1.54) is 0 Å². The van der Waals surface area contributed by atoms with Gasteiger partial charge >= 0.3 is 0 Å². The smallest absolute Gasteiger partial charge is 0.235 e. The summed E-state index contributed by atoms with van der Waals surface area (Å²) in [7, 11) is 0. The van der Waals surface area contributed by atoms with Gasteiger partial charge in [-0.05, 0) is 18.2 Å². The zero-order chi connectivity index (χ0) is 18.4. The fourth-order valence-electron chi connectivity index (χ4n) is 3.34. The van der Waals surface area contributed by atoms with Crippen LogP contribution in [-0.4, -0.2) is 5.11 Å². The Bertz CT molecular complexity index is 1310. The molecule has 0 spiro atoms. The second-order valence-corrected chi connectivity index (χ2v) is 6.30. The summed E-state index contributed by atoms with van der Waals surface area (Å²) < 4.78 is 11.8. The van der Waals surface area contributed by atoms with E-state index in [4.69, 9.17) is 8.83 Å². The molecule has 0 aliphatic heterocycles. The van der Waals surface area contributed by atoms with Crippen molar-refractivity contribution in [1.29, 1.82) is 0 Å². The highest BCUT2D eigenvalue weighted by Gasteiger charge is 2.19. The van der Waals surface area contributed by atoms with Crippen LogP contribution in [0, 0.1) is 0 Å². The lowest BCUT2D eigenvalue weighted by molar-refractivity contribution is 0.449. The standard InChI is InChI=1S/C23H14O4/c24-21-20-16(19-13-15-9-4-5-11-17(15)26-19)10-6-12-18(20)27-23(22(21)25)14-7-2-1-3-8-14/h1-13,25H. The van der Waals surface area contributed by atoms with Gasteiger partial charge in [-0.25, -0.2) is 0 Å². The monoisotopic (exact) mass is 354 g/mol. The summed E-state index contributed by atoms with van der Waals surface area (Å²) in [6, 6.07) is 23.9. The van der Waals surface area contributed by atoms with Gasteiger partial charge in [0, 0.05) is 16.5 Å². The molecule has 1 N–H and O–H groups in total. The fourth-order valence-corrected chi connectivity index (χ4v) is 3.34. The van der Waals surface area contributed by atoms with Gasteiger partial charge in [0.05, 0.1) is 5.39 Å². The molecular formula is C23H14O4. The van der Waals surface area contributed by atoms with Crippen molar-refractivity contribution in [2.45, 2.75) is 0 Å². The summed E-state index contributed by atoms with van der Waals surface area (Å²) in [6.45, 7) is 0. The Morgan fingerprint density at radius 2 is 1.48 bits per heavy atom. The number of furan rings is 1. The number of hydrogen-bond acceptors (Lipinski definition) is 4. The Hall–Kier alpha value is -3.79. The minimum absolute atomic E-state index is 0.162. The summed E-state index contributed by atoms with van der Waals surface area (Å²) in [4.78, 5) is 13.0. The van der Waals surface area contributed by atoms with Crippen LogP contribution in [0.25, 0.3) is 44.6 Å². The van der Waals surface area contributed by atoms with Crippen LogP contribution in [-0.2, 0) is 0 Å². The molecule has 0 fully saturated rings. The molecule has 2 heterocycles. The SMILES string of the molecule is O=c1c(O)c(-c2ccccc2)oc2cccc(-c3cc4ccccc4o3)c12. The molecule has 130 valence electrons. The maximum atomic E-state index is 13.0. The molecule has 4 nitrogen and oxygen atoms in total. The van der Waals surface area contributed by atoms with Crippen LogP contribution in [0.2, 0.25) is 0 Å². The Labute approximate surface area is 153 Å². The number of aromatic hydroxyl groups is 1. The number of rotatable bonds is 2. The van der Waals surface area contributed by atoms with Gasteiger partial charge in [-0.3, -0.25) is 4.79 Å². The van der Waals surface area contributed by atoms with E-state index in [1.807, 2.05) is 48.5 Å². The molecule has 0 atom stereocenters. The minimum atomic E-state index is -0.480. The zero-order valence-electron chi connectivity index (χ0n) is 14.2. The molecule has 0 saturated carbocycles. The van der Waals surface area contributed by atoms with Gasteiger partial charge in [-0.1, -0.05) is 60.7 Å². The van der Waals surface area contributed by atoms with Crippen molar-refractivity contribution in [3.8, 4) is 28.4 Å². The topological polar surface area (TPSA) is 63.6 Å². The normalized spacial score (nSPS) is 11.3. The predicted molar refractivity (Wildman–Crippen MR) is 105 cm³/mol. The maximum absolute atomic E-state index is 13.0. The summed E-state index contributed by atoms with van der Waals surface area (Å²) in [6.07, 6.45) is 0. The molecule has 0 amide bonds. The molecule has 5 rings (SSSR count). The highest BCUT2D eigenvalue weighted by Crippen LogP contribution is 2.35. The van der Waals surface area contributed by atoms with Crippen molar-refractivity contribution in [1.82, 2.24) is 0 Å². The molecule has 0 radical (unpaired) electrons. The third-order valence-corrected chi connectivity index (χ3v) is 4.62. The van der Waals surface area contributed by atoms with E-state index in [9.17, 15) is 9.90 Å². The van der Waals surface area contributed by atoms with E-state index in [-0.39, 0.29) is 5.76 Å². The van der Waals surface area contributed by atoms with Crippen molar-refractivity contribution in [2.24, 2.45) is 0 Å². The van der Waals surface area contributed by atoms with Gasteiger partial charge in [0.25, 0.3) is 0 Å². The zero-order valence-corrected chi connectivity index (χ0v) is 14.2. The summed E-state index contributed by atoms with van der Waals surface area (Å²) in [5.74, 6) is 0.313. The average molecular weight is 354 g/mol. The Morgan fingerprint density at radius 1 is 0.741 bits per heavy atom. The third kappa shape index (κ3) is 2.42.